The standard InChI is InChI=1S/C11H17IN2O/c1-4-5-8(2)6-14-7-13-9(3)10(12)11(14)15/h7-8H,4-6H2,1-3H3. The van der Waals surface area contributed by atoms with Crippen LogP contribution in [0.4, 0.5) is 0 Å². The molecule has 0 radical (unpaired) electrons. The summed E-state index contributed by atoms with van der Waals surface area (Å²) >= 11 is 2.07. The van der Waals surface area contributed by atoms with Gasteiger partial charge in [-0.3, -0.25) is 9.36 Å². The zero-order valence-electron chi connectivity index (χ0n) is 9.46. The molecule has 1 rings (SSSR count). The normalized spacial score (nSPS) is 12.8. The molecule has 0 aromatic carbocycles. The van der Waals surface area contributed by atoms with E-state index in [1.807, 2.05) is 6.92 Å². The van der Waals surface area contributed by atoms with Crippen molar-refractivity contribution in [3.63, 3.8) is 0 Å². The second-order valence-electron chi connectivity index (χ2n) is 4.00. The van der Waals surface area contributed by atoms with Crippen LogP contribution in [0.1, 0.15) is 32.4 Å². The Kier molecular flexibility index (Phi) is 4.76. The fourth-order valence-electron chi connectivity index (χ4n) is 1.60. The van der Waals surface area contributed by atoms with Crippen LogP contribution in [-0.4, -0.2) is 9.55 Å². The zero-order chi connectivity index (χ0) is 11.4. The molecule has 0 bridgehead atoms. The van der Waals surface area contributed by atoms with Crippen LogP contribution in [0.2, 0.25) is 0 Å². The van der Waals surface area contributed by atoms with Gasteiger partial charge in [-0.15, -0.1) is 0 Å². The molecular weight excluding hydrogens is 303 g/mol. The van der Waals surface area contributed by atoms with Gasteiger partial charge < -0.3 is 0 Å². The molecule has 0 saturated carbocycles. The molecule has 3 nitrogen and oxygen atoms in total. The highest BCUT2D eigenvalue weighted by molar-refractivity contribution is 14.1. The summed E-state index contributed by atoms with van der Waals surface area (Å²) in [6.07, 6.45) is 3.97. The Balaban J connectivity index is 2.87. The summed E-state index contributed by atoms with van der Waals surface area (Å²) in [6.45, 7) is 6.97. The predicted molar refractivity (Wildman–Crippen MR) is 70.0 cm³/mol. The Morgan fingerprint density at radius 2 is 2.27 bits per heavy atom. The number of rotatable bonds is 4. The summed E-state index contributed by atoms with van der Waals surface area (Å²) in [7, 11) is 0. The van der Waals surface area contributed by atoms with Crippen molar-refractivity contribution in [1.29, 1.82) is 0 Å². The third-order valence-corrected chi connectivity index (χ3v) is 3.69. The van der Waals surface area contributed by atoms with E-state index in [4.69, 9.17) is 0 Å². The highest BCUT2D eigenvalue weighted by Gasteiger charge is 2.08. The Labute approximate surface area is 104 Å². The van der Waals surface area contributed by atoms with E-state index >= 15 is 0 Å². The topological polar surface area (TPSA) is 34.9 Å². The average Bonchev–Trinajstić information content (AvgIpc) is 2.20. The largest absolute Gasteiger partial charge is 0.298 e. The summed E-state index contributed by atoms with van der Waals surface area (Å²) in [5.74, 6) is 0.535. The average molecular weight is 320 g/mol. The van der Waals surface area contributed by atoms with Crippen molar-refractivity contribution in [3.05, 3.63) is 25.9 Å². The molecule has 1 aromatic heterocycles. The molecule has 1 heterocycles. The molecule has 4 heteroatoms. The second kappa shape index (κ2) is 5.63. The summed E-state index contributed by atoms with van der Waals surface area (Å²) < 4.78 is 2.45. The molecule has 84 valence electrons. The molecule has 0 spiro atoms. The molecule has 0 saturated heterocycles. The summed E-state index contributed by atoms with van der Waals surface area (Å²) in [4.78, 5) is 16.1. The maximum absolute atomic E-state index is 11.8. The van der Waals surface area contributed by atoms with E-state index in [1.165, 1.54) is 0 Å². The third-order valence-electron chi connectivity index (χ3n) is 2.45. The summed E-state index contributed by atoms with van der Waals surface area (Å²) in [5, 5.41) is 0. The molecular formula is C11H17IN2O. The smallest absolute Gasteiger partial charge is 0.267 e. The van der Waals surface area contributed by atoms with Gasteiger partial charge in [0, 0.05) is 6.54 Å². The van der Waals surface area contributed by atoms with Crippen molar-refractivity contribution in [3.8, 4) is 0 Å². The van der Waals surface area contributed by atoms with Crippen molar-refractivity contribution < 1.29 is 0 Å². The van der Waals surface area contributed by atoms with Gasteiger partial charge in [-0.05, 0) is 41.9 Å². The van der Waals surface area contributed by atoms with Crippen LogP contribution in [0, 0.1) is 16.4 Å². The van der Waals surface area contributed by atoms with Crippen LogP contribution >= 0.6 is 22.6 Å². The molecule has 0 amide bonds. The molecule has 1 unspecified atom stereocenters. The molecule has 0 N–H and O–H groups in total. The lowest BCUT2D eigenvalue weighted by Gasteiger charge is -2.12. The minimum Gasteiger partial charge on any atom is -0.298 e. The van der Waals surface area contributed by atoms with Gasteiger partial charge in [0.1, 0.15) is 0 Å². The summed E-state index contributed by atoms with van der Waals surface area (Å²) in [5.41, 5.74) is 0.908. The van der Waals surface area contributed by atoms with Crippen molar-refractivity contribution in [1.82, 2.24) is 9.55 Å². The Hall–Kier alpha value is -0.390. The van der Waals surface area contributed by atoms with E-state index in [2.05, 4.69) is 41.4 Å². The molecule has 1 aromatic rings. The van der Waals surface area contributed by atoms with Gasteiger partial charge in [0.25, 0.3) is 5.56 Å². The molecule has 0 aliphatic carbocycles. The predicted octanol–water partition coefficient (Wildman–Crippen LogP) is 2.59. The van der Waals surface area contributed by atoms with E-state index in [9.17, 15) is 4.79 Å². The van der Waals surface area contributed by atoms with Crippen molar-refractivity contribution in [2.24, 2.45) is 5.92 Å². The lowest BCUT2D eigenvalue weighted by Crippen LogP contribution is -2.26. The van der Waals surface area contributed by atoms with Gasteiger partial charge in [0.05, 0.1) is 15.6 Å². The second-order valence-corrected chi connectivity index (χ2v) is 5.07. The zero-order valence-corrected chi connectivity index (χ0v) is 11.6. The van der Waals surface area contributed by atoms with Gasteiger partial charge in [-0.2, -0.15) is 0 Å². The van der Waals surface area contributed by atoms with Crippen LogP contribution in [0.5, 0.6) is 0 Å². The van der Waals surface area contributed by atoms with Crippen molar-refractivity contribution in [2.75, 3.05) is 0 Å². The first-order valence-corrected chi connectivity index (χ1v) is 6.35. The number of aromatic nitrogens is 2. The minimum atomic E-state index is 0.0889. The minimum absolute atomic E-state index is 0.0889. The number of halogens is 1. The third kappa shape index (κ3) is 3.29. The Morgan fingerprint density at radius 1 is 1.60 bits per heavy atom. The van der Waals surface area contributed by atoms with Crippen LogP contribution < -0.4 is 5.56 Å². The van der Waals surface area contributed by atoms with Crippen LogP contribution in [-0.2, 0) is 6.54 Å². The number of hydrogen-bond acceptors (Lipinski definition) is 2. The van der Waals surface area contributed by atoms with Gasteiger partial charge in [0.15, 0.2) is 0 Å². The monoisotopic (exact) mass is 320 g/mol. The van der Waals surface area contributed by atoms with Gasteiger partial charge in [-0.1, -0.05) is 20.3 Å². The van der Waals surface area contributed by atoms with E-state index in [0.29, 0.717) is 5.92 Å². The van der Waals surface area contributed by atoms with E-state index in [0.717, 1.165) is 28.7 Å². The Bertz CT molecular complexity index is 387. The maximum atomic E-state index is 11.8. The highest BCUT2D eigenvalue weighted by atomic mass is 127. The van der Waals surface area contributed by atoms with E-state index in [-0.39, 0.29) is 5.56 Å². The molecule has 0 aliphatic heterocycles. The van der Waals surface area contributed by atoms with Crippen LogP contribution in [0.15, 0.2) is 11.1 Å². The van der Waals surface area contributed by atoms with Gasteiger partial charge in [-0.25, -0.2) is 4.98 Å². The molecule has 15 heavy (non-hydrogen) atoms. The first-order chi connectivity index (χ1) is 7.06. The van der Waals surface area contributed by atoms with Crippen molar-refractivity contribution in [2.45, 2.75) is 40.2 Å². The van der Waals surface area contributed by atoms with Crippen LogP contribution in [0.3, 0.4) is 0 Å². The maximum Gasteiger partial charge on any atom is 0.267 e. The molecule has 0 aliphatic rings. The van der Waals surface area contributed by atoms with E-state index < -0.39 is 0 Å². The Morgan fingerprint density at radius 3 is 2.87 bits per heavy atom. The number of hydrogen-bond donors (Lipinski definition) is 0. The fraction of sp³-hybridized carbons (Fsp3) is 0.636. The lowest BCUT2D eigenvalue weighted by atomic mass is 10.1. The number of aryl methyl sites for hydroxylation is 1. The van der Waals surface area contributed by atoms with Crippen molar-refractivity contribution >= 4 is 22.6 Å². The molecule has 0 fully saturated rings. The lowest BCUT2D eigenvalue weighted by molar-refractivity contribution is 0.433. The fourth-order valence-corrected chi connectivity index (χ4v) is 2.05. The highest BCUT2D eigenvalue weighted by Crippen LogP contribution is 2.08. The van der Waals surface area contributed by atoms with Gasteiger partial charge >= 0.3 is 0 Å². The quantitative estimate of drug-likeness (QED) is 0.799. The molecule has 1 atom stereocenters. The van der Waals surface area contributed by atoms with Gasteiger partial charge in [0.2, 0.25) is 0 Å². The van der Waals surface area contributed by atoms with E-state index in [1.54, 1.807) is 10.9 Å². The SMILES string of the molecule is CCCC(C)Cn1cnc(C)c(I)c1=O. The summed E-state index contributed by atoms with van der Waals surface area (Å²) in [6, 6.07) is 0. The first-order valence-electron chi connectivity index (χ1n) is 5.27. The number of nitrogens with zero attached hydrogens (tertiary/aromatic N) is 2. The van der Waals surface area contributed by atoms with Crippen LogP contribution in [0.25, 0.3) is 0 Å². The first kappa shape index (κ1) is 12.7.